The topological polar surface area (TPSA) is 35.8 Å². The fraction of sp³-hybridized carbons (Fsp3) is 0.227. The summed E-state index contributed by atoms with van der Waals surface area (Å²) < 4.78 is 13.1. The standard InChI is InChI=1S/C22H23ClN2O2/c1-5-27-20-9-7-19(8-10-20)25-15(2)12-17(16(25)3)14-24-21-13-18(23)6-11-22(21)26-4/h6-14H,5H2,1-4H3. The molecule has 0 fully saturated rings. The SMILES string of the molecule is CCOc1ccc(-n2c(C)cc(C=Nc3cc(Cl)ccc3OC)c2C)cc1. The van der Waals surface area contributed by atoms with Gasteiger partial charge in [-0.05, 0) is 69.3 Å². The molecule has 0 saturated heterocycles. The number of nitrogens with zero attached hydrogens (tertiary/aromatic N) is 2. The summed E-state index contributed by atoms with van der Waals surface area (Å²) >= 11 is 6.09. The average molecular weight is 383 g/mol. The van der Waals surface area contributed by atoms with Crippen LogP contribution < -0.4 is 9.47 Å². The van der Waals surface area contributed by atoms with Crippen molar-refractivity contribution >= 4 is 23.5 Å². The molecule has 0 amide bonds. The maximum absolute atomic E-state index is 6.09. The number of ether oxygens (including phenoxy) is 2. The molecular formula is C22H23ClN2O2. The zero-order valence-electron chi connectivity index (χ0n) is 16.0. The van der Waals surface area contributed by atoms with Crippen LogP contribution in [0.5, 0.6) is 11.5 Å². The van der Waals surface area contributed by atoms with E-state index in [1.165, 1.54) is 0 Å². The van der Waals surface area contributed by atoms with Crippen LogP contribution in [-0.2, 0) is 0 Å². The molecule has 0 bridgehead atoms. The van der Waals surface area contributed by atoms with E-state index in [4.69, 9.17) is 21.1 Å². The second-order valence-electron chi connectivity index (χ2n) is 6.16. The third-order valence-corrected chi connectivity index (χ3v) is 4.59. The Kier molecular flexibility index (Phi) is 5.87. The van der Waals surface area contributed by atoms with Crippen LogP contribution in [0.3, 0.4) is 0 Å². The van der Waals surface area contributed by atoms with E-state index in [0.29, 0.717) is 23.1 Å². The van der Waals surface area contributed by atoms with E-state index >= 15 is 0 Å². The van der Waals surface area contributed by atoms with Gasteiger partial charge in [0, 0.05) is 33.9 Å². The Hall–Kier alpha value is -2.72. The van der Waals surface area contributed by atoms with Crippen molar-refractivity contribution in [3.8, 4) is 17.2 Å². The molecule has 27 heavy (non-hydrogen) atoms. The molecule has 1 heterocycles. The van der Waals surface area contributed by atoms with Crippen LogP contribution in [0, 0.1) is 13.8 Å². The highest BCUT2D eigenvalue weighted by Crippen LogP contribution is 2.30. The lowest BCUT2D eigenvalue weighted by atomic mass is 10.2. The zero-order chi connectivity index (χ0) is 19.4. The van der Waals surface area contributed by atoms with Crippen molar-refractivity contribution in [3.05, 3.63) is 70.5 Å². The van der Waals surface area contributed by atoms with Gasteiger partial charge in [-0.2, -0.15) is 0 Å². The number of hydrogen-bond acceptors (Lipinski definition) is 3. The van der Waals surface area contributed by atoms with Gasteiger partial charge in [0.2, 0.25) is 0 Å². The van der Waals surface area contributed by atoms with Crippen LogP contribution in [0.15, 0.2) is 53.5 Å². The number of aromatic nitrogens is 1. The molecule has 0 unspecified atom stereocenters. The number of halogens is 1. The number of aryl methyl sites for hydroxylation is 1. The second-order valence-corrected chi connectivity index (χ2v) is 6.60. The van der Waals surface area contributed by atoms with Gasteiger partial charge in [-0.15, -0.1) is 0 Å². The first-order valence-electron chi connectivity index (χ1n) is 8.83. The largest absolute Gasteiger partial charge is 0.494 e. The Labute approximate surface area is 165 Å². The molecule has 0 aliphatic heterocycles. The normalized spacial score (nSPS) is 11.1. The van der Waals surface area contributed by atoms with Gasteiger partial charge in [-0.1, -0.05) is 11.6 Å². The minimum Gasteiger partial charge on any atom is -0.494 e. The highest BCUT2D eigenvalue weighted by Gasteiger charge is 2.10. The van der Waals surface area contributed by atoms with Gasteiger partial charge in [0.1, 0.15) is 17.2 Å². The van der Waals surface area contributed by atoms with E-state index in [1.54, 1.807) is 19.2 Å². The van der Waals surface area contributed by atoms with E-state index in [-0.39, 0.29) is 0 Å². The summed E-state index contributed by atoms with van der Waals surface area (Å²) in [5.41, 5.74) is 5.09. The highest BCUT2D eigenvalue weighted by molar-refractivity contribution is 6.30. The van der Waals surface area contributed by atoms with E-state index in [2.05, 4.69) is 41.6 Å². The third-order valence-electron chi connectivity index (χ3n) is 4.36. The Morgan fingerprint density at radius 1 is 1.07 bits per heavy atom. The van der Waals surface area contributed by atoms with Crippen molar-refractivity contribution in [2.24, 2.45) is 4.99 Å². The Morgan fingerprint density at radius 3 is 2.48 bits per heavy atom. The van der Waals surface area contributed by atoms with E-state index in [0.717, 1.165) is 28.4 Å². The summed E-state index contributed by atoms with van der Waals surface area (Å²) in [4.78, 5) is 4.59. The third kappa shape index (κ3) is 4.17. The van der Waals surface area contributed by atoms with E-state index in [9.17, 15) is 0 Å². The first-order valence-corrected chi connectivity index (χ1v) is 9.21. The fourth-order valence-electron chi connectivity index (χ4n) is 3.08. The van der Waals surface area contributed by atoms with Gasteiger partial charge in [0.05, 0.1) is 13.7 Å². The maximum atomic E-state index is 6.09. The minimum atomic E-state index is 0.628. The van der Waals surface area contributed by atoms with Gasteiger partial charge in [0.15, 0.2) is 0 Å². The molecule has 0 N–H and O–H groups in total. The summed E-state index contributed by atoms with van der Waals surface area (Å²) in [6.45, 7) is 6.81. The second kappa shape index (κ2) is 8.31. The number of methoxy groups -OCH3 is 1. The lowest BCUT2D eigenvalue weighted by molar-refractivity contribution is 0.340. The molecule has 3 aromatic rings. The molecular weight excluding hydrogens is 360 g/mol. The Morgan fingerprint density at radius 2 is 1.81 bits per heavy atom. The lowest BCUT2D eigenvalue weighted by Gasteiger charge is -2.11. The van der Waals surface area contributed by atoms with Crippen molar-refractivity contribution < 1.29 is 9.47 Å². The molecule has 5 heteroatoms. The number of aliphatic imine (C=N–C) groups is 1. The van der Waals surface area contributed by atoms with Crippen LogP contribution in [-0.4, -0.2) is 24.5 Å². The van der Waals surface area contributed by atoms with Crippen LogP contribution in [0.1, 0.15) is 23.9 Å². The maximum Gasteiger partial charge on any atom is 0.144 e. The predicted molar refractivity (Wildman–Crippen MR) is 112 cm³/mol. The van der Waals surface area contributed by atoms with Crippen molar-refractivity contribution in [1.82, 2.24) is 4.57 Å². The molecule has 0 spiro atoms. The smallest absolute Gasteiger partial charge is 0.144 e. The van der Waals surface area contributed by atoms with Crippen LogP contribution in [0.4, 0.5) is 5.69 Å². The zero-order valence-corrected chi connectivity index (χ0v) is 16.7. The highest BCUT2D eigenvalue weighted by atomic mass is 35.5. The van der Waals surface area contributed by atoms with Crippen LogP contribution in [0.25, 0.3) is 5.69 Å². The van der Waals surface area contributed by atoms with Crippen molar-refractivity contribution in [2.45, 2.75) is 20.8 Å². The summed E-state index contributed by atoms with van der Waals surface area (Å²) in [6.07, 6.45) is 1.85. The molecule has 0 aliphatic carbocycles. The van der Waals surface area contributed by atoms with Crippen molar-refractivity contribution in [2.75, 3.05) is 13.7 Å². The van der Waals surface area contributed by atoms with Gasteiger partial charge in [-0.3, -0.25) is 4.99 Å². The van der Waals surface area contributed by atoms with Gasteiger partial charge in [-0.25, -0.2) is 0 Å². The molecule has 0 atom stereocenters. The quantitative estimate of drug-likeness (QED) is 0.497. The monoisotopic (exact) mass is 382 g/mol. The molecule has 0 radical (unpaired) electrons. The van der Waals surface area contributed by atoms with E-state index in [1.807, 2.05) is 31.3 Å². The van der Waals surface area contributed by atoms with Crippen molar-refractivity contribution in [1.29, 1.82) is 0 Å². The molecule has 1 aromatic heterocycles. The van der Waals surface area contributed by atoms with Gasteiger partial charge < -0.3 is 14.0 Å². The number of benzene rings is 2. The molecule has 140 valence electrons. The first-order chi connectivity index (χ1) is 13.0. The predicted octanol–water partition coefficient (Wildman–Crippen LogP) is 5.91. The number of hydrogen-bond donors (Lipinski definition) is 0. The van der Waals surface area contributed by atoms with Crippen LogP contribution >= 0.6 is 11.6 Å². The first kappa shape index (κ1) is 19.1. The molecule has 0 aliphatic rings. The molecule has 2 aromatic carbocycles. The minimum absolute atomic E-state index is 0.628. The molecule has 4 nitrogen and oxygen atoms in total. The Balaban J connectivity index is 1.93. The average Bonchev–Trinajstić information content (AvgIpc) is 2.95. The molecule has 0 saturated carbocycles. The van der Waals surface area contributed by atoms with Gasteiger partial charge in [0.25, 0.3) is 0 Å². The lowest BCUT2D eigenvalue weighted by Crippen LogP contribution is -2.00. The summed E-state index contributed by atoms with van der Waals surface area (Å²) in [5, 5.41) is 0.628. The fourth-order valence-corrected chi connectivity index (χ4v) is 3.24. The summed E-state index contributed by atoms with van der Waals surface area (Å²) in [7, 11) is 1.63. The van der Waals surface area contributed by atoms with E-state index < -0.39 is 0 Å². The van der Waals surface area contributed by atoms with Crippen LogP contribution in [0.2, 0.25) is 5.02 Å². The molecule has 3 rings (SSSR count). The number of rotatable bonds is 6. The summed E-state index contributed by atoms with van der Waals surface area (Å²) in [6, 6.07) is 15.6. The van der Waals surface area contributed by atoms with Crippen molar-refractivity contribution in [3.63, 3.8) is 0 Å². The Bertz CT molecular complexity index is 959. The summed E-state index contributed by atoms with van der Waals surface area (Å²) in [5.74, 6) is 1.56. The van der Waals surface area contributed by atoms with Gasteiger partial charge >= 0.3 is 0 Å².